The van der Waals surface area contributed by atoms with Crippen LogP contribution < -0.4 is 5.32 Å². The molecule has 2 heterocycles. The van der Waals surface area contributed by atoms with Crippen molar-refractivity contribution in [1.82, 2.24) is 14.9 Å². The third-order valence-electron chi connectivity index (χ3n) is 3.10. The third kappa shape index (κ3) is 1.35. The van der Waals surface area contributed by atoms with Crippen molar-refractivity contribution >= 4 is 11.0 Å². The molecule has 3 rings (SSSR count). The topological polar surface area (TPSA) is 29.9 Å². The number of nitrogens with zero attached hydrogens (tertiary/aromatic N) is 2. The van der Waals surface area contributed by atoms with Gasteiger partial charge in [0.15, 0.2) is 0 Å². The molecule has 0 unspecified atom stereocenters. The normalized spacial score (nSPS) is 15.5. The molecule has 0 atom stereocenters. The van der Waals surface area contributed by atoms with Gasteiger partial charge in [0, 0.05) is 13.1 Å². The minimum absolute atomic E-state index is 0.899. The summed E-state index contributed by atoms with van der Waals surface area (Å²) in [4.78, 5) is 4.66. The standard InChI is InChI=1S/C12H15N3/c1-2-9-3-4-11-10(7-9)14-12-8-13-5-6-15(11)12/h3-4,7,13H,2,5-6,8H2,1H3. The number of hydrogen-bond donors (Lipinski definition) is 1. The number of aryl methyl sites for hydroxylation is 1. The van der Waals surface area contributed by atoms with E-state index in [9.17, 15) is 0 Å². The van der Waals surface area contributed by atoms with Gasteiger partial charge in [0.25, 0.3) is 0 Å². The van der Waals surface area contributed by atoms with Crippen molar-refractivity contribution in [1.29, 1.82) is 0 Å². The Balaban J connectivity index is 2.22. The summed E-state index contributed by atoms with van der Waals surface area (Å²) in [7, 11) is 0. The van der Waals surface area contributed by atoms with E-state index >= 15 is 0 Å². The minimum Gasteiger partial charge on any atom is -0.326 e. The maximum atomic E-state index is 4.66. The molecular weight excluding hydrogens is 186 g/mol. The van der Waals surface area contributed by atoms with Gasteiger partial charge in [-0.1, -0.05) is 13.0 Å². The van der Waals surface area contributed by atoms with Crippen LogP contribution in [0.5, 0.6) is 0 Å². The van der Waals surface area contributed by atoms with Crippen LogP contribution in [-0.4, -0.2) is 16.1 Å². The predicted octanol–water partition coefficient (Wildman–Crippen LogP) is 1.70. The van der Waals surface area contributed by atoms with Crippen LogP contribution in [0.25, 0.3) is 11.0 Å². The number of rotatable bonds is 1. The van der Waals surface area contributed by atoms with Crippen molar-refractivity contribution in [3.8, 4) is 0 Å². The van der Waals surface area contributed by atoms with Crippen LogP contribution in [-0.2, 0) is 19.5 Å². The van der Waals surface area contributed by atoms with Gasteiger partial charge in [-0.3, -0.25) is 0 Å². The van der Waals surface area contributed by atoms with Crippen molar-refractivity contribution in [3.63, 3.8) is 0 Å². The van der Waals surface area contributed by atoms with Crippen molar-refractivity contribution < 1.29 is 0 Å². The second-order valence-corrected chi connectivity index (χ2v) is 4.03. The van der Waals surface area contributed by atoms with E-state index in [2.05, 4.69) is 40.0 Å². The van der Waals surface area contributed by atoms with Crippen LogP contribution in [0.4, 0.5) is 0 Å². The summed E-state index contributed by atoms with van der Waals surface area (Å²) in [5.74, 6) is 1.17. The molecule has 0 radical (unpaired) electrons. The lowest BCUT2D eigenvalue weighted by Gasteiger charge is -2.15. The van der Waals surface area contributed by atoms with E-state index in [-0.39, 0.29) is 0 Å². The fraction of sp³-hybridized carbons (Fsp3) is 0.417. The lowest BCUT2D eigenvalue weighted by Crippen LogP contribution is -2.28. The van der Waals surface area contributed by atoms with Crippen LogP contribution in [0.2, 0.25) is 0 Å². The molecule has 3 nitrogen and oxygen atoms in total. The highest BCUT2D eigenvalue weighted by Gasteiger charge is 2.13. The van der Waals surface area contributed by atoms with E-state index in [1.807, 2.05) is 0 Å². The first-order valence-electron chi connectivity index (χ1n) is 5.57. The quantitative estimate of drug-likeness (QED) is 0.761. The number of aromatic nitrogens is 2. The largest absolute Gasteiger partial charge is 0.326 e. The lowest BCUT2D eigenvalue weighted by molar-refractivity contribution is 0.514. The van der Waals surface area contributed by atoms with E-state index in [1.165, 1.54) is 16.9 Å². The number of benzene rings is 1. The highest BCUT2D eigenvalue weighted by atomic mass is 15.2. The van der Waals surface area contributed by atoms with Gasteiger partial charge in [-0.15, -0.1) is 0 Å². The van der Waals surface area contributed by atoms with Gasteiger partial charge in [0.2, 0.25) is 0 Å². The molecule has 1 aliphatic rings. The van der Waals surface area contributed by atoms with E-state index in [4.69, 9.17) is 0 Å². The molecule has 2 aromatic rings. The lowest BCUT2D eigenvalue weighted by atomic mass is 10.1. The molecule has 0 saturated heterocycles. The Morgan fingerprint density at radius 2 is 2.40 bits per heavy atom. The van der Waals surface area contributed by atoms with Gasteiger partial charge in [0.1, 0.15) is 5.82 Å². The molecule has 0 aliphatic carbocycles. The van der Waals surface area contributed by atoms with Crippen molar-refractivity contribution in [2.24, 2.45) is 0 Å². The van der Waals surface area contributed by atoms with Crippen LogP contribution in [0.3, 0.4) is 0 Å². The Hall–Kier alpha value is -1.35. The van der Waals surface area contributed by atoms with E-state index in [0.717, 1.165) is 31.6 Å². The Kier molecular flexibility index (Phi) is 1.99. The summed E-state index contributed by atoms with van der Waals surface area (Å²) in [6.07, 6.45) is 1.08. The first-order valence-corrected chi connectivity index (χ1v) is 5.57. The Labute approximate surface area is 89.1 Å². The Morgan fingerprint density at radius 3 is 3.27 bits per heavy atom. The number of imidazole rings is 1. The second kappa shape index (κ2) is 3.35. The molecule has 0 spiro atoms. The third-order valence-corrected chi connectivity index (χ3v) is 3.10. The van der Waals surface area contributed by atoms with Gasteiger partial charge < -0.3 is 9.88 Å². The van der Waals surface area contributed by atoms with Crippen LogP contribution in [0.15, 0.2) is 18.2 Å². The first-order chi connectivity index (χ1) is 7.38. The molecule has 1 aliphatic heterocycles. The Bertz CT molecular complexity index is 499. The molecule has 0 fully saturated rings. The van der Waals surface area contributed by atoms with E-state index < -0.39 is 0 Å². The molecule has 0 bridgehead atoms. The maximum Gasteiger partial charge on any atom is 0.123 e. The summed E-state index contributed by atoms with van der Waals surface area (Å²) < 4.78 is 2.32. The molecule has 0 amide bonds. The fourth-order valence-electron chi connectivity index (χ4n) is 2.22. The Morgan fingerprint density at radius 1 is 1.47 bits per heavy atom. The van der Waals surface area contributed by atoms with Gasteiger partial charge in [0.05, 0.1) is 17.6 Å². The smallest absolute Gasteiger partial charge is 0.123 e. The number of fused-ring (bicyclic) bond motifs is 3. The summed E-state index contributed by atoms with van der Waals surface area (Å²) in [5.41, 5.74) is 3.79. The summed E-state index contributed by atoms with van der Waals surface area (Å²) in [5, 5.41) is 3.35. The maximum absolute atomic E-state index is 4.66. The monoisotopic (exact) mass is 201 g/mol. The van der Waals surface area contributed by atoms with Gasteiger partial charge >= 0.3 is 0 Å². The molecule has 15 heavy (non-hydrogen) atoms. The van der Waals surface area contributed by atoms with Crippen molar-refractivity contribution in [2.75, 3.05) is 6.54 Å². The average Bonchev–Trinajstić information content (AvgIpc) is 2.66. The first kappa shape index (κ1) is 8.92. The number of nitrogens with one attached hydrogen (secondary N) is 1. The van der Waals surface area contributed by atoms with E-state index in [0.29, 0.717) is 0 Å². The zero-order chi connectivity index (χ0) is 10.3. The van der Waals surface area contributed by atoms with Crippen LogP contribution >= 0.6 is 0 Å². The molecule has 78 valence electrons. The number of hydrogen-bond acceptors (Lipinski definition) is 2. The fourth-order valence-corrected chi connectivity index (χ4v) is 2.22. The zero-order valence-corrected chi connectivity index (χ0v) is 8.95. The second-order valence-electron chi connectivity index (χ2n) is 4.03. The zero-order valence-electron chi connectivity index (χ0n) is 8.95. The average molecular weight is 201 g/mol. The van der Waals surface area contributed by atoms with Crippen LogP contribution in [0.1, 0.15) is 18.3 Å². The SMILES string of the molecule is CCc1ccc2c(c1)nc1n2CCNC1. The molecule has 0 saturated carbocycles. The van der Waals surface area contributed by atoms with Crippen molar-refractivity contribution in [3.05, 3.63) is 29.6 Å². The van der Waals surface area contributed by atoms with Gasteiger partial charge in [-0.2, -0.15) is 0 Å². The summed E-state index contributed by atoms with van der Waals surface area (Å²) >= 11 is 0. The predicted molar refractivity (Wildman–Crippen MR) is 60.8 cm³/mol. The molecule has 3 heteroatoms. The van der Waals surface area contributed by atoms with Gasteiger partial charge in [-0.25, -0.2) is 4.98 Å². The molecule has 1 aromatic carbocycles. The summed E-state index contributed by atoms with van der Waals surface area (Å²) in [6.45, 7) is 5.17. The summed E-state index contributed by atoms with van der Waals surface area (Å²) in [6, 6.07) is 6.62. The highest BCUT2D eigenvalue weighted by Crippen LogP contribution is 2.19. The molecular formula is C12H15N3. The molecule has 1 aromatic heterocycles. The highest BCUT2D eigenvalue weighted by molar-refractivity contribution is 5.77. The van der Waals surface area contributed by atoms with Gasteiger partial charge in [-0.05, 0) is 24.1 Å². The van der Waals surface area contributed by atoms with E-state index in [1.54, 1.807) is 0 Å². The van der Waals surface area contributed by atoms with Crippen LogP contribution in [0, 0.1) is 0 Å². The minimum atomic E-state index is 0.899. The molecule has 1 N–H and O–H groups in total. The van der Waals surface area contributed by atoms with Crippen molar-refractivity contribution in [2.45, 2.75) is 26.4 Å².